The number of ether oxygens (including phenoxy) is 1. The van der Waals surface area contributed by atoms with Gasteiger partial charge in [-0.25, -0.2) is 0 Å². The number of nitrogens with one attached hydrogen (secondary N) is 1. The average Bonchev–Trinajstić information content (AvgIpc) is 2.97. The Morgan fingerprint density at radius 3 is 2.37 bits per heavy atom. The fraction of sp³-hybridized carbons (Fsp3) is 0.273. The first-order valence-electron chi connectivity index (χ1n) is 13.3. The Kier molecular flexibility index (Phi) is 9.52. The van der Waals surface area contributed by atoms with E-state index in [0.29, 0.717) is 32.4 Å². The van der Waals surface area contributed by atoms with Gasteiger partial charge in [0.05, 0.1) is 7.11 Å². The zero-order chi connectivity index (χ0) is 26.7. The number of hydrogen-bond donors (Lipinski definition) is 1. The van der Waals surface area contributed by atoms with Gasteiger partial charge in [-0.05, 0) is 52.4 Å². The lowest BCUT2D eigenvalue weighted by Gasteiger charge is -2.32. The van der Waals surface area contributed by atoms with Gasteiger partial charge in [0, 0.05) is 25.9 Å². The van der Waals surface area contributed by atoms with Crippen LogP contribution >= 0.6 is 0 Å². The Labute approximate surface area is 225 Å². The Morgan fingerprint density at radius 1 is 0.868 bits per heavy atom. The van der Waals surface area contributed by atoms with Gasteiger partial charge < -0.3 is 15.0 Å². The van der Waals surface area contributed by atoms with Gasteiger partial charge >= 0.3 is 0 Å². The Hall–Kier alpha value is -4.12. The van der Waals surface area contributed by atoms with E-state index < -0.39 is 6.04 Å². The quantitative estimate of drug-likeness (QED) is 0.257. The number of hydrogen-bond acceptors (Lipinski definition) is 3. The number of methoxy groups -OCH3 is 1. The summed E-state index contributed by atoms with van der Waals surface area (Å²) in [5.74, 6) is 0.547. The van der Waals surface area contributed by atoms with E-state index in [1.54, 1.807) is 12.0 Å². The van der Waals surface area contributed by atoms with Crippen molar-refractivity contribution >= 4 is 22.6 Å². The molecule has 0 aliphatic rings. The average molecular weight is 509 g/mol. The molecule has 5 heteroatoms. The Balaban J connectivity index is 1.64. The molecule has 2 amide bonds. The van der Waals surface area contributed by atoms with Crippen LogP contribution < -0.4 is 10.1 Å². The van der Waals surface area contributed by atoms with E-state index in [1.807, 2.05) is 79.7 Å². The van der Waals surface area contributed by atoms with Crippen molar-refractivity contribution in [1.29, 1.82) is 0 Å². The monoisotopic (exact) mass is 508 g/mol. The SMILES string of the molecule is CCCNC(=O)[C@@H](Cc1ccccc1)N(Cc1cccc(OC)c1)C(=O)CCc1cccc2ccccc12. The normalized spacial score (nSPS) is 11.6. The van der Waals surface area contributed by atoms with Crippen LogP contribution in [0, 0.1) is 0 Å². The number of benzene rings is 4. The van der Waals surface area contributed by atoms with E-state index in [2.05, 4.69) is 29.6 Å². The number of rotatable bonds is 12. The van der Waals surface area contributed by atoms with Crippen LogP contribution in [0.4, 0.5) is 0 Å². The number of carbonyl (C=O) groups excluding carboxylic acids is 2. The van der Waals surface area contributed by atoms with Crippen molar-refractivity contribution < 1.29 is 14.3 Å². The molecule has 0 aliphatic carbocycles. The number of amides is 2. The first-order valence-corrected chi connectivity index (χ1v) is 13.3. The molecule has 0 unspecified atom stereocenters. The molecule has 0 fully saturated rings. The maximum absolute atomic E-state index is 13.9. The number of nitrogens with zero attached hydrogens (tertiary/aromatic N) is 1. The molecule has 0 radical (unpaired) electrons. The van der Waals surface area contributed by atoms with E-state index in [4.69, 9.17) is 4.74 Å². The second kappa shape index (κ2) is 13.4. The molecule has 0 heterocycles. The zero-order valence-electron chi connectivity index (χ0n) is 22.2. The largest absolute Gasteiger partial charge is 0.497 e. The van der Waals surface area contributed by atoms with Gasteiger partial charge in [-0.3, -0.25) is 9.59 Å². The first-order chi connectivity index (χ1) is 18.6. The molecule has 5 nitrogen and oxygen atoms in total. The number of fused-ring (bicyclic) bond motifs is 1. The lowest BCUT2D eigenvalue weighted by molar-refractivity contribution is -0.141. The zero-order valence-corrected chi connectivity index (χ0v) is 22.2. The third-order valence-corrected chi connectivity index (χ3v) is 6.80. The van der Waals surface area contributed by atoms with Crippen LogP contribution in [-0.2, 0) is 29.0 Å². The number of carbonyl (C=O) groups is 2. The highest BCUT2D eigenvalue weighted by molar-refractivity contribution is 5.89. The van der Waals surface area contributed by atoms with Gasteiger partial charge in [-0.1, -0.05) is 91.9 Å². The van der Waals surface area contributed by atoms with Gasteiger partial charge in [0.15, 0.2) is 0 Å². The second-order valence-electron chi connectivity index (χ2n) is 9.51. The van der Waals surface area contributed by atoms with Gasteiger partial charge in [0.1, 0.15) is 11.8 Å². The van der Waals surface area contributed by atoms with Crippen LogP contribution in [0.1, 0.15) is 36.5 Å². The summed E-state index contributed by atoms with van der Waals surface area (Å²) in [4.78, 5) is 29.2. The predicted molar refractivity (Wildman–Crippen MR) is 153 cm³/mol. The highest BCUT2D eigenvalue weighted by Crippen LogP contribution is 2.22. The van der Waals surface area contributed by atoms with Gasteiger partial charge in [-0.15, -0.1) is 0 Å². The maximum atomic E-state index is 13.9. The Morgan fingerprint density at radius 2 is 1.58 bits per heavy atom. The third-order valence-electron chi connectivity index (χ3n) is 6.80. The van der Waals surface area contributed by atoms with Crippen molar-refractivity contribution in [3.05, 3.63) is 114 Å². The van der Waals surface area contributed by atoms with E-state index in [9.17, 15) is 9.59 Å². The van der Waals surface area contributed by atoms with E-state index in [-0.39, 0.29) is 11.8 Å². The molecule has 4 aromatic rings. The summed E-state index contributed by atoms with van der Waals surface area (Å²) in [5.41, 5.74) is 3.07. The topological polar surface area (TPSA) is 58.6 Å². The molecule has 196 valence electrons. The second-order valence-corrected chi connectivity index (χ2v) is 9.51. The summed E-state index contributed by atoms with van der Waals surface area (Å²) < 4.78 is 5.42. The lowest BCUT2D eigenvalue weighted by atomic mass is 9.99. The fourth-order valence-electron chi connectivity index (χ4n) is 4.78. The van der Waals surface area contributed by atoms with Crippen molar-refractivity contribution in [1.82, 2.24) is 10.2 Å². The van der Waals surface area contributed by atoms with Crippen molar-refractivity contribution in [3.8, 4) is 5.75 Å². The van der Waals surface area contributed by atoms with Crippen LogP contribution in [0.2, 0.25) is 0 Å². The molecular formula is C33H36N2O3. The van der Waals surface area contributed by atoms with Gasteiger partial charge in [0.25, 0.3) is 0 Å². The summed E-state index contributed by atoms with van der Waals surface area (Å²) in [6, 6.07) is 31.4. The van der Waals surface area contributed by atoms with Crippen LogP contribution in [0.3, 0.4) is 0 Å². The number of aryl methyl sites for hydroxylation is 1. The molecule has 0 saturated carbocycles. The molecule has 4 aromatic carbocycles. The fourth-order valence-corrected chi connectivity index (χ4v) is 4.78. The Bertz CT molecular complexity index is 1350. The molecule has 0 aliphatic heterocycles. The third kappa shape index (κ3) is 7.00. The molecular weight excluding hydrogens is 472 g/mol. The van der Waals surface area contributed by atoms with Crippen molar-refractivity contribution in [2.45, 2.75) is 45.2 Å². The predicted octanol–water partition coefficient (Wildman–Crippen LogP) is 5.95. The summed E-state index contributed by atoms with van der Waals surface area (Å²) >= 11 is 0. The maximum Gasteiger partial charge on any atom is 0.243 e. The molecule has 38 heavy (non-hydrogen) atoms. The summed E-state index contributed by atoms with van der Waals surface area (Å²) in [7, 11) is 1.63. The molecule has 0 bridgehead atoms. The summed E-state index contributed by atoms with van der Waals surface area (Å²) in [6.45, 7) is 2.92. The van der Waals surface area contributed by atoms with Gasteiger partial charge in [0.2, 0.25) is 11.8 Å². The van der Waals surface area contributed by atoms with E-state index >= 15 is 0 Å². The standard InChI is InChI=1S/C33H36N2O3/c1-3-21-34-33(37)31(23-25-11-5-4-6-12-25)35(24-26-13-9-17-29(22-26)38-2)32(36)20-19-28-16-10-15-27-14-7-8-18-30(27)28/h4-18,22,31H,3,19-21,23-24H2,1-2H3,(H,34,37)/t31-/m1/s1. The van der Waals surface area contributed by atoms with Gasteiger partial charge in [-0.2, -0.15) is 0 Å². The molecule has 4 rings (SSSR count). The van der Waals surface area contributed by atoms with Crippen LogP contribution in [0.25, 0.3) is 10.8 Å². The highest BCUT2D eigenvalue weighted by Gasteiger charge is 2.30. The molecule has 0 aromatic heterocycles. The van der Waals surface area contributed by atoms with E-state index in [1.165, 1.54) is 0 Å². The molecule has 0 saturated heterocycles. The molecule has 1 atom stereocenters. The van der Waals surface area contributed by atoms with Crippen molar-refractivity contribution in [3.63, 3.8) is 0 Å². The van der Waals surface area contributed by atoms with Crippen LogP contribution in [-0.4, -0.2) is 36.4 Å². The molecule has 0 spiro atoms. The summed E-state index contributed by atoms with van der Waals surface area (Å²) in [6.07, 6.45) is 2.18. The first kappa shape index (κ1) is 26.9. The minimum absolute atomic E-state index is 0.0478. The molecule has 1 N–H and O–H groups in total. The summed E-state index contributed by atoms with van der Waals surface area (Å²) in [5, 5.41) is 5.35. The van der Waals surface area contributed by atoms with E-state index in [0.717, 1.165) is 39.6 Å². The minimum Gasteiger partial charge on any atom is -0.497 e. The minimum atomic E-state index is -0.629. The smallest absolute Gasteiger partial charge is 0.243 e. The highest BCUT2D eigenvalue weighted by atomic mass is 16.5. The lowest BCUT2D eigenvalue weighted by Crippen LogP contribution is -2.50. The van der Waals surface area contributed by atoms with Crippen molar-refractivity contribution in [2.24, 2.45) is 0 Å². The van der Waals surface area contributed by atoms with Crippen LogP contribution in [0.5, 0.6) is 5.75 Å². The van der Waals surface area contributed by atoms with Crippen molar-refractivity contribution in [2.75, 3.05) is 13.7 Å². The van der Waals surface area contributed by atoms with Crippen LogP contribution in [0.15, 0.2) is 97.1 Å².